The summed E-state index contributed by atoms with van der Waals surface area (Å²) in [5.74, 6) is 0.0700. The van der Waals surface area contributed by atoms with Gasteiger partial charge in [0, 0.05) is 36.9 Å². The van der Waals surface area contributed by atoms with E-state index in [9.17, 15) is 14.9 Å². The Labute approximate surface area is 202 Å². The number of hydrogen-bond donors (Lipinski definition) is 0. The third kappa shape index (κ3) is 4.91. The molecule has 2 saturated heterocycles. The number of ether oxygens (including phenoxy) is 1. The smallest absolute Gasteiger partial charge is 0.410 e. The fraction of sp³-hybridized carbons (Fsp3) is 0.593. The summed E-state index contributed by atoms with van der Waals surface area (Å²) >= 11 is 0. The van der Waals surface area contributed by atoms with Crippen molar-refractivity contribution < 1.29 is 14.3 Å². The van der Waals surface area contributed by atoms with Gasteiger partial charge in [0.1, 0.15) is 11.6 Å². The third-order valence-corrected chi connectivity index (χ3v) is 7.00. The maximum Gasteiger partial charge on any atom is 0.410 e. The molecule has 34 heavy (non-hydrogen) atoms. The molecule has 4 rings (SSSR count). The van der Waals surface area contributed by atoms with Crippen molar-refractivity contribution in [3.63, 3.8) is 0 Å². The Kier molecular flexibility index (Phi) is 6.88. The van der Waals surface area contributed by atoms with Crippen LogP contribution in [-0.4, -0.2) is 57.1 Å². The Morgan fingerprint density at radius 1 is 1.12 bits per heavy atom. The quantitative estimate of drug-likeness (QED) is 0.633. The largest absolute Gasteiger partial charge is 0.444 e. The van der Waals surface area contributed by atoms with Gasteiger partial charge in [0.15, 0.2) is 0 Å². The molecule has 2 amide bonds. The second-order valence-electron chi connectivity index (χ2n) is 10.5. The molecule has 7 heteroatoms. The Morgan fingerprint density at radius 3 is 2.56 bits per heavy atom. The SMILES string of the molecule is CCn1c(CC[C@@H]2CCCN2C(=O)[C@@H]2CCCN2C(=O)OC(C)(C)C)cc2ccc(C#N)cc21. The fourth-order valence-electron chi connectivity index (χ4n) is 5.46. The lowest BCUT2D eigenvalue weighted by atomic mass is 10.1. The van der Waals surface area contributed by atoms with Crippen LogP contribution in [0, 0.1) is 11.3 Å². The van der Waals surface area contributed by atoms with Crippen molar-refractivity contribution >= 4 is 22.9 Å². The predicted octanol–water partition coefficient (Wildman–Crippen LogP) is 4.86. The molecule has 0 spiro atoms. The Balaban J connectivity index is 1.45. The molecule has 2 aliphatic heterocycles. The first kappa shape index (κ1) is 24.1. The number of nitrogens with zero attached hydrogens (tertiary/aromatic N) is 4. The zero-order chi connectivity index (χ0) is 24.5. The van der Waals surface area contributed by atoms with Gasteiger partial charge in [-0.15, -0.1) is 0 Å². The van der Waals surface area contributed by atoms with Crippen LogP contribution in [0.3, 0.4) is 0 Å². The molecule has 2 aliphatic rings. The van der Waals surface area contributed by atoms with Crippen LogP contribution >= 0.6 is 0 Å². The zero-order valence-electron chi connectivity index (χ0n) is 20.8. The molecule has 0 N–H and O–H groups in total. The summed E-state index contributed by atoms with van der Waals surface area (Å²) in [6.07, 6.45) is 4.91. The maximum atomic E-state index is 13.5. The predicted molar refractivity (Wildman–Crippen MR) is 131 cm³/mol. The number of rotatable bonds is 5. The molecule has 3 heterocycles. The first-order valence-electron chi connectivity index (χ1n) is 12.5. The highest BCUT2D eigenvalue weighted by molar-refractivity contribution is 5.87. The van der Waals surface area contributed by atoms with E-state index in [1.807, 2.05) is 43.9 Å². The molecule has 0 aliphatic carbocycles. The molecule has 1 aromatic carbocycles. The summed E-state index contributed by atoms with van der Waals surface area (Å²) < 4.78 is 7.84. The summed E-state index contributed by atoms with van der Waals surface area (Å²) in [5.41, 5.74) is 2.43. The monoisotopic (exact) mass is 464 g/mol. The maximum absolute atomic E-state index is 13.5. The van der Waals surface area contributed by atoms with E-state index < -0.39 is 11.6 Å². The highest BCUT2D eigenvalue weighted by Gasteiger charge is 2.41. The van der Waals surface area contributed by atoms with Crippen molar-refractivity contribution in [2.45, 2.75) is 90.4 Å². The van der Waals surface area contributed by atoms with Gasteiger partial charge >= 0.3 is 6.09 Å². The molecule has 1 aromatic heterocycles. The van der Waals surface area contributed by atoms with Crippen molar-refractivity contribution in [1.29, 1.82) is 5.26 Å². The lowest BCUT2D eigenvalue weighted by Crippen LogP contribution is -2.50. The average Bonchev–Trinajstić information content (AvgIpc) is 3.53. The van der Waals surface area contributed by atoms with Gasteiger partial charge in [0.2, 0.25) is 5.91 Å². The van der Waals surface area contributed by atoms with E-state index in [-0.39, 0.29) is 18.0 Å². The molecular formula is C27H36N4O3. The van der Waals surface area contributed by atoms with E-state index in [2.05, 4.69) is 23.6 Å². The summed E-state index contributed by atoms with van der Waals surface area (Å²) in [7, 11) is 0. The standard InChI is InChI=1S/C27H36N4O3/c1-5-29-22(17-20-11-10-19(18-28)16-24(20)29)13-12-21-8-6-14-30(21)25(32)23-9-7-15-31(23)26(33)34-27(2,3)4/h10-11,16-17,21,23H,5-9,12-15H2,1-4H3/t21-,23-/m0/s1. The summed E-state index contributed by atoms with van der Waals surface area (Å²) in [6.45, 7) is 9.85. The van der Waals surface area contributed by atoms with Crippen LogP contribution in [0.1, 0.15) is 71.1 Å². The van der Waals surface area contributed by atoms with E-state index in [4.69, 9.17) is 4.74 Å². The number of fused-ring (bicyclic) bond motifs is 1. The number of likely N-dealkylation sites (tertiary alicyclic amines) is 2. The van der Waals surface area contributed by atoms with E-state index >= 15 is 0 Å². The molecule has 182 valence electrons. The van der Waals surface area contributed by atoms with Crippen molar-refractivity contribution in [3.8, 4) is 6.07 Å². The average molecular weight is 465 g/mol. The van der Waals surface area contributed by atoms with Gasteiger partial charge in [-0.1, -0.05) is 6.07 Å². The normalized spacial score (nSPS) is 20.7. The molecule has 2 aromatic rings. The van der Waals surface area contributed by atoms with Gasteiger partial charge in [-0.05, 0) is 89.8 Å². The molecule has 7 nitrogen and oxygen atoms in total. The minimum Gasteiger partial charge on any atom is -0.444 e. The van der Waals surface area contributed by atoms with Crippen LogP contribution in [0.4, 0.5) is 4.79 Å². The molecular weight excluding hydrogens is 428 g/mol. The van der Waals surface area contributed by atoms with Gasteiger partial charge < -0.3 is 14.2 Å². The Bertz CT molecular complexity index is 1110. The van der Waals surface area contributed by atoms with Crippen molar-refractivity contribution in [1.82, 2.24) is 14.4 Å². The second-order valence-corrected chi connectivity index (χ2v) is 10.5. The fourth-order valence-corrected chi connectivity index (χ4v) is 5.46. The Morgan fingerprint density at radius 2 is 1.85 bits per heavy atom. The van der Waals surface area contributed by atoms with Gasteiger partial charge in [-0.3, -0.25) is 9.69 Å². The van der Waals surface area contributed by atoms with Crippen LogP contribution in [0.2, 0.25) is 0 Å². The number of carbonyl (C=O) groups is 2. The lowest BCUT2D eigenvalue weighted by molar-refractivity contribution is -0.136. The van der Waals surface area contributed by atoms with Gasteiger partial charge in [-0.25, -0.2) is 4.79 Å². The number of nitriles is 1. The summed E-state index contributed by atoms with van der Waals surface area (Å²) in [5, 5.41) is 10.4. The number of hydrogen-bond acceptors (Lipinski definition) is 4. The van der Waals surface area contributed by atoms with Crippen LogP contribution in [0.15, 0.2) is 24.3 Å². The number of amides is 2. The first-order chi connectivity index (χ1) is 16.2. The summed E-state index contributed by atoms with van der Waals surface area (Å²) in [6, 6.07) is 10.0. The molecule has 0 unspecified atom stereocenters. The van der Waals surface area contributed by atoms with Gasteiger partial charge in [0.05, 0.1) is 11.6 Å². The van der Waals surface area contributed by atoms with Crippen LogP contribution in [-0.2, 0) is 22.5 Å². The van der Waals surface area contributed by atoms with Crippen molar-refractivity contribution in [2.24, 2.45) is 0 Å². The van der Waals surface area contributed by atoms with Gasteiger partial charge in [-0.2, -0.15) is 5.26 Å². The second kappa shape index (κ2) is 9.69. The zero-order valence-corrected chi connectivity index (χ0v) is 20.8. The minimum absolute atomic E-state index is 0.0700. The van der Waals surface area contributed by atoms with Crippen LogP contribution in [0.5, 0.6) is 0 Å². The third-order valence-electron chi connectivity index (χ3n) is 7.00. The lowest BCUT2D eigenvalue weighted by Gasteiger charge is -2.32. The highest BCUT2D eigenvalue weighted by atomic mass is 16.6. The topological polar surface area (TPSA) is 78.6 Å². The molecule has 0 bridgehead atoms. The number of benzene rings is 1. The number of aryl methyl sites for hydroxylation is 2. The number of aromatic nitrogens is 1. The molecule has 0 saturated carbocycles. The summed E-state index contributed by atoms with van der Waals surface area (Å²) in [4.78, 5) is 29.9. The molecule has 0 radical (unpaired) electrons. The minimum atomic E-state index is -0.574. The van der Waals surface area contributed by atoms with Crippen molar-refractivity contribution in [3.05, 3.63) is 35.5 Å². The van der Waals surface area contributed by atoms with Crippen LogP contribution < -0.4 is 0 Å². The van der Waals surface area contributed by atoms with Crippen molar-refractivity contribution in [2.75, 3.05) is 13.1 Å². The van der Waals surface area contributed by atoms with Gasteiger partial charge in [0.25, 0.3) is 0 Å². The molecule has 2 fully saturated rings. The highest BCUT2D eigenvalue weighted by Crippen LogP contribution is 2.29. The van der Waals surface area contributed by atoms with E-state index in [1.54, 1.807) is 4.90 Å². The van der Waals surface area contributed by atoms with E-state index in [0.29, 0.717) is 18.5 Å². The van der Waals surface area contributed by atoms with E-state index in [1.165, 1.54) is 5.69 Å². The Hall–Kier alpha value is -3.01. The first-order valence-corrected chi connectivity index (χ1v) is 12.5. The number of carbonyl (C=O) groups excluding carboxylic acids is 2. The van der Waals surface area contributed by atoms with E-state index in [0.717, 1.165) is 56.1 Å². The van der Waals surface area contributed by atoms with Crippen LogP contribution in [0.25, 0.3) is 10.9 Å². The molecule has 2 atom stereocenters.